The Hall–Kier alpha value is -1.71. The number of benzene rings is 2. The van der Waals surface area contributed by atoms with Gasteiger partial charge in [-0.1, -0.05) is 23.5 Å². The maximum absolute atomic E-state index is 13.2. The van der Waals surface area contributed by atoms with E-state index in [9.17, 15) is 9.18 Å². The molecule has 172 valence electrons. The zero-order chi connectivity index (χ0) is 21.6. The van der Waals surface area contributed by atoms with E-state index in [4.69, 9.17) is 9.72 Å². The van der Waals surface area contributed by atoms with Gasteiger partial charge in [0, 0.05) is 43.2 Å². The molecule has 1 aromatic heterocycles. The van der Waals surface area contributed by atoms with E-state index >= 15 is 0 Å². The van der Waals surface area contributed by atoms with Crippen LogP contribution in [-0.4, -0.2) is 60.9 Å². The molecule has 3 aromatic rings. The lowest BCUT2D eigenvalue weighted by Crippen LogP contribution is -2.43. The monoisotopic (exact) mass is 495 g/mol. The van der Waals surface area contributed by atoms with Gasteiger partial charge in [-0.3, -0.25) is 14.6 Å². The molecule has 2 aromatic carbocycles. The number of halogens is 2. The Labute approximate surface area is 202 Å². The van der Waals surface area contributed by atoms with E-state index in [1.54, 1.807) is 35.2 Å². The van der Waals surface area contributed by atoms with E-state index < -0.39 is 0 Å². The van der Waals surface area contributed by atoms with Gasteiger partial charge in [0.25, 0.3) is 0 Å². The van der Waals surface area contributed by atoms with Gasteiger partial charge < -0.3 is 4.74 Å². The van der Waals surface area contributed by atoms with Crippen LogP contribution in [0.1, 0.15) is 12.0 Å². The van der Waals surface area contributed by atoms with Gasteiger partial charge in [0.1, 0.15) is 5.82 Å². The van der Waals surface area contributed by atoms with Gasteiger partial charge in [-0.25, -0.2) is 9.37 Å². The number of carbonyl (C=O) groups is 1. The summed E-state index contributed by atoms with van der Waals surface area (Å²) in [6, 6.07) is 12.5. The number of carbonyl (C=O) groups excluding carboxylic acids is 1. The standard InChI is InChI=1S/C23H26FN3O2S2.ClH/c1-17-3-2-4-20-22(17)25-23(31-20)27(11-10-26-12-14-29-15-13-26)21(28)9-16-30-19-7-5-18(24)6-8-19;/h2-8H,9-16H2,1H3;1H. The van der Waals surface area contributed by atoms with Crippen LogP contribution in [0, 0.1) is 12.7 Å². The number of fused-ring (bicyclic) bond motifs is 1. The van der Waals surface area contributed by atoms with Crippen molar-refractivity contribution < 1.29 is 13.9 Å². The number of hydrogen-bond acceptors (Lipinski definition) is 6. The highest BCUT2D eigenvalue weighted by molar-refractivity contribution is 7.99. The van der Waals surface area contributed by atoms with Crippen LogP contribution in [0.4, 0.5) is 9.52 Å². The summed E-state index contributed by atoms with van der Waals surface area (Å²) in [5.74, 6) is 0.461. The Balaban J connectivity index is 0.00000289. The van der Waals surface area contributed by atoms with Crippen molar-refractivity contribution in [1.29, 1.82) is 0 Å². The molecule has 0 radical (unpaired) electrons. The summed E-state index contributed by atoms with van der Waals surface area (Å²) < 4.78 is 19.6. The number of amides is 1. The molecule has 32 heavy (non-hydrogen) atoms. The molecule has 0 unspecified atom stereocenters. The van der Waals surface area contributed by atoms with E-state index in [0.717, 1.165) is 58.7 Å². The van der Waals surface area contributed by atoms with Crippen LogP contribution in [0.2, 0.25) is 0 Å². The van der Waals surface area contributed by atoms with Crippen molar-refractivity contribution in [1.82, 2.24) is 9.88 Å². The zero-order valence-corrected chi connectivity index (χ0v) is 20.4. The first-order chi connectivity index (χ1) is 15.1. The Bertz CT molecular complexity index is 1030. The second-order valence-corrected chi connectivity index (χ2v) is 9.65. The SMILES string of the molecule is Cc1cccc2sc(N(CCN3CCOCC3)C(=O)CCSc3ccc(F)cc3)nc12.Cl. The Morgan fingerprint density at radius 2 is 1.97 bits per heavy atom. The molecular weight excluding hydrogens is 469 g/mol. The molecule has 1 aliphatic rings. The Morgan fingerprint density at radius 3 is 2.69 bits per heavy atom. The minimum atomic E-state index is -0.249. The van der Waals surface area contributed by atoms with E-state index in [1.165, 1.54) is 12.1 Å². The summed E-state index contributed by atoms with van der Waals surface area (Å²) in [5, 5.41) is 0.759. The fourth-order valence-corrected chi connectivity index (χ4v) is 5.43. The number of anilines is 1. The van der Waals surface area contributed by atoms with Crippen LogP contribution in [0.25, 0.3) is 10.2 Å². The maximum atomic E-state index is 13.2. The zero-order valence-electron chi connectivity index (χ0n) is 18.0. The molecule has 0 aliphatic carbocycles. The highest BCUT2D eigenvalue weighted by Crippen LogP contribution is 2.31. The van der Waals surface area contributed by atoms with Gasteiger partial charge in [0.05, 0.1) is 23.4 Å². The average Bonchev–Trinajstić information content (AvgIpc) is 3.21. The smallest absolute Gasteiger partial charge is 0.229 e. The molecule has 1 fully saturated rings. The number of morpholine rings is 1. The summed E-state index contributed by atoms with van der Waals surface area (Å²) in [6.07, 6.45) is 0.403. The van der Waals surface area contributed by atoms with Crippen molar-refractivity contribution in [3.8, 4) is 0 Å². The lowest BCUT2D eigenvalue weighted by Gasteiger charge is -2.29. The summed E-state index contributed by atoms with van der Waals surface area (Å²) in [5.41, 5.74) is 2.08. The second-order valence-electron chi connectivity index (χ2n) is 7.47. The van der Waals surface area contributed by atoms with Gasteiger partial charge >= 0.3 is 0 Å². The molecule has 0 atom stereocenters. The number of ether oxygens (including phenoxy) is 1. The molecule has 0 saturated carbocycles. The van der Waals surface area contributed by atoms with Gasteiger partial charge in [-0.2, -0.15) is 0 Å². The van der Waals surface area contributed by atoms with Crippen LogP contribution in [-0.2, 0) is 9.53 Å². The quantitative estimate of drug-likeness (QED) is 0.411. The van der Waals surface area contributed by atoms with E-state index in [2.05, 4.69) is 11.0 Å². The highest BCUT2D eigenvalue weighted by atomic mass is 35.5. The molecule has 1 saturated heterocycles. The minimum absolute atomic E-state index is 0. The molecule has 2 heterocycles. The number of thioether (sulfide) groups is 1. The van der Waals surface area contributed by atoms with Crippen molar-refractivity contribution >= 4 is 56.8 Å². The largest absolute Gasteiger partial charge is 0.379 e. The lowest BCUT2D eigenvalue weighted by atomic mass is 10.2. The van der Waals surface area contributed by atoms with Gasteiger partial charge in [-0.15, -0.1) is 24.2 Å². The number of nitrogens with zero attached hydrogens (tertiary/aromatic N) is 3. The normalized spacial score (nSPS) is 14.3. The number of rotatable bonds is 8. The van der Waals surface area contributed by atoms with Gasteiger partial charge in [0.15, 0.2) is 5.13 Å². The third kappa shape index (κ3) is 6.42. The van der Waals surface area contributed by atoms with Crippen LogP contribution in [0.15, 0.2) is 47.4 Å². The van der Waals surface area contributed by atoms with Gasteiger partial charge in [-0.05, 0) is 42.8 Å². The summed E-state index contributed by atoms with van der Waals surface area (Å²) in [4.78, 5) is 23.1. The van der Waals surface area contributed by atoms with Crippen LogP contribution in [0.3, 0.4) is 0 Å². The summed E-state index contributed by atoms with van der Waals surface area (Å²) >= 11 is 3.13. The van der Waals surface area contributed by atoms with Crippen LogP contribution >= 0.6 is 35.5 Å². The highest BCUT2D eigenvalue weighted by Gasteiger charge is 2.21. The number of para-hydroxylation sites is 1. The minimum Gasteiger partial charge on any atom is -0.379 e. The van der Waals surface area contributed by atoms with E-state index in [-0.39, 0.29) is 24.1 Å². The first-order valence-corrected chi connectivity index (χ1v) is 12.3. The van der Waals surface area contributed by atoms with E-state index in [1.807, 2.05) is 24.0 Å². The number of hydrogen-bond donors (Lipinski definition) is 0. The predicted octanol–water partition coefficient (Wildman–Crippen LogP) is 5.01. The topological polar surface area (TPSA) is 45.7 Å². The number of thiazole rings is 1. The molecule has 0 spiro atoms. The number of aryl methyl sites for hydroxylation is 1. The molecule has 0 N–H and O–H groups in total. The molecule has 1 aliphatic heterocycles. The van der Waals surface area contributed by atoms with Crippen LogP contribution < -0.4 is 4.90 Å². The summed E-state index contributed by atoms with van der Waals surface area (Å²) in [6.45, 7) is 6.72. The first kappa shape index (κ1) is 24.9. The second kappa shape index (κ2) is 12.0. The molecular formula is C23H27ClFN3O2S2. The molecule has 1 amide bonds. The van der Waals surface area contributed by atoms with Crippen molar-refractivity contribution in [2.24, 2.45) is 0 Å². The van der Waals surface area contributed by atoms with Crippen molar-refractivity contribution in [2.45, 2.75) is 18.2 Å². The first-order valence-electron chi connectivity index (χ1n) is 10.4. The fourth-order valence-electron chi connectivity index (χ4n) is 3.51. The Kier molecular flexibility index (Phi) is 9.31. The number of aromatic nitrogens is 1. The molecule has 5 nitrogen and oxygen atoms in total. The predicted molar refractivity (Wildman–Crippen MR) is 133 cm³/mol. The van der Waals surface area contributed by atoms with Crippen molar-refractivity contribution in [3.05, 3.63) is 53.8 Å². The molecule has 9 heteroatoms. The maximum Gasteiger partial charge on any atom is 0.229 e. The molecule has 4 rings (SSSR count). The van der Waals surface area contributed by atoms with Crippen molar-refractivity contribution in [2.75, 3.05) is 50.0 Å². The third-order valence-electron chi connectivity index (χ3n) is 5.28. The van der Waals surface area contributed by atoms with Crippen molar-refractivity contribution in [3.63, 3.8) is 0 Å². The van der Waals surface area contributed by atoms with Gasteiger partial charge in [0.2, 0.25) is 5.91 Å². The van der Waals surface area contributed by atoms with Crippen LogP contribution in [0.5, 0.6) is 0 Å². The Morgan fingerprint density at radius 1 is 1.22 bits per heavy atom. The average molecular weight is 496 g/mol. The third-order valence-corrected chi connectivity index (χ3v) is 7.34. The molecule has 0 bridgehead atoms. The summed E-state index contributed by atoms with van der Waals surface area (Å²) in [7, 11) is 0. The van der Waals surface area contributed by atoms with E-state index in [0.29, 0.717) is 18.7 Å². The fraction of sp³-hybridized carbons (Fsp3) is 0.391. The lowest BCUT2D eigenvalue weighted by molar-refractivity contribution is -0.118.